The van der Waals surface area contributed by atoms with E-state index in [9.17, 15) is 9.59 Å². The highest BCUT2D eigenvalue weighted by Crippen LogP contribution is 2.24. The number of rotatable bonds is 2. The first-order valence-electron chi connectivity index (χ1n) is 9.02. The second-order valence-corrected chi connectivity index (χ2v) is 6.99. The summed E-state index contributed by atoms with van der Waals surface area (Å²) in [5, 5.41) is 1.63. The van der Waals surface area contributed by atoms with E-state index < -0.39 is 0 Å². The van der Waals surface area contributed by atoms with E-state index in [1.54, 1.807) is 38.5 Å². The molecule has 2 N–H and O–H groups in total. The van der Waals surface area contributed by atoms with Crippen molar-refractivity contribution in [1.82, 2.24) is 9.97 Å². The molecule has 0 fully saturated rings. The van der Waals surface area contributed by atoms with Crippen LogP contribution in [0.5, 0.6) is 5.75 Å². The van der Waals surface area contributed by atoms with Gasteiger partial charge in [0.05, 0.1) is 29.8 Å². The molecular weight excluding hydrogens is 356 g/mol. The molecular formula is C22H18N2O4. The Kier molecular flexibility index (Phi) is 3.64. The molecule has 2 heterocycles. The first kappa shape index (κ1) is 16.8. The number of pyridine rings is 2. The van der Waals surface area contributed by atoms with Gasteiger partial charge in [0.15, 0.2) is 10.9 Å². The van der Waals surface area contributed by atoms with Crippen molar-refractivity contribution >= 4 is 38.8 Å². The van der Waals surface area contributed by atoms with Gasteiger partial charge in [-0.05, 0) is 36.4 Å². The van der Waals surface area contributed by atoms with E-state index in [1.807, 2.05) is 18.2 Å². The quantitative estimate of drug-likeness (QED) is 0.528. The monoisotopic (exact) mass is 374 g/mol. The van der Waals surface area contributed by atoms with Crippen molar-refractivity contribution in [1.29, 1.82) is 0 Å². The Hall–Kier alpha value is -3.38. The third-order valence-electron chi connectivity index (χ3n) is 5.44. The summed E-state index contributed by atoms with van der Waals surface area (Å²) in [6, 6.07) is 8.84. The van der Waals surface area contributed by atoms with E-state index in [4.69, 9.17) is 9.47 Å². The minimum atomic E-state index is -0.106. The summed E-state index contributed by atoms with van der Waals surface area (Å²) in [5.74, 6) is 0.624. The first-order valence-corrected chi connectivity index (χ1v) is 9.02. The largest absolute Gasteiger partial charge is 0.497 e. The van der Waals surface area contributed by atoms with Gasteiger partial charge < -0.3 is 19.4 Å². The smallest absolute Gasteiger partial charge is 0.197 e. The second-order valence-electron chi connectivity index (χ2n) is 6.99. The van der Waals surface area contributed by atoms with Crippen LogP contribution in [0, 0.1) is 0 Å². The summed E-state index contributed by atoms with van der Waals surface area (Å²) in [6.45, 7) is 0. The molecule has 5 rings (SSSR count). The van der Waals surface area contributed by atoms with E-state index in [1.165, 1.54) is 0 Å². The molecule has 1 unspecified atom stereocenters. The highest BCUT2D eigenvalue weighted by molar-refractivity contribution is 6.00. The lowest BCUT2D eigenvalue weighted by molar-refractivity contribution is 0.140. The predicted molar refractivity (Wildman–Crippen MR) is 110 cm³/mol. The molecule has 6 nitrogen and oxygen atoms in total. The summed E-state index contributed by atoms with van der Waals surface area (Å²) >= 11 is 0. The molecule has 2 aromatic heterocycles. The molecule has 0 aliphatic heterocycles. The molecule has 28 heavy (non-hydrogen) atoms. The van der Waals surface area contributed by atoms with Crippen molar-refractivity contribution < 1.29 is 9.47 Å². The molecule has 0 amide bonds. The number of ether oxygens (including phenoxy) is 2. The van der Waals surface area contributed by atoms with Crippen molar-refractivity contribution in [3.63, 3.8) is 0 Å². The Morgan fingerprint density at radius 1 is 0.893 bits per heavy atom. The van der Waals surface area contributed by atoms with Gasteiger partial charge in [-0.25, -0.2) is 0 Å². The van der Waals surface area contributed by atoms with Crippen LogP contribution < -0.4 is 15.6 Å². The topological polar surface area (TPSA) is 84.2 Å². The van der Waals surface area contributed by atoms with Gasteiger partial charge in [0.1, 0.15) is 5.75 Å². The molecule has 6 heteroatoms. The highest BCUT2D eigenvalue weighted by atomic mass is 16.5. The lowest BCUT2D eigenvalue weighted by atomic mass is 9.96. The lowest BCUT2D eigenvalue weighted by Gasteiger charge is -2.18. The fraction of sp³-hybridized carbons (Fsp3) is 0.182. The maximum Gasteiger partial charge on any atom is 0.197 e. The molecule has 0 saturated heterocycles. The Morgan fingerprint density at radius 3 is 2.36 bits per heavy atom. The van der Waals surface area contributed by atoms with Crippen molar-refractivity contribution in [2.24, 2.45) is 0 Å². The van der Waals surface area contributed by atoms with Gasteiger partial charge in [-0.1, -0.05) is 6.08 Å². The SMILES string of the molecule is COc1ccc2[nH]c3cc4c(=O)c5c([nH]c4cc3c(=O)c2c1)C=CC(OC)C5. The Bertz CT molecular complexity index is 1410. The number of H-pyrrole nitrogens is 2. The number of benzene rings is 2. The summed E-state index contributed by atoms with van der Waals surface area (Å²) in [4.78, 5) is 32.7. The Morgan fingerprint density at radius 2 is 1.61 bits per heavy atom. The zero-order valence-corrected chi connectivity index (χ0v) is 15.5. The fourth-order valence-electron chi connectivity index (χ4n) is 3.90. The maximum atomic E-state index is 13.1. The lowest BCUT2D eigenvalue weighted by Crippen LogP contribution is -2.23. The minimum Gasteiger partial charge on any atom is -0.497 e. The molecule has 0 radical (unpaired) electrons. The molecule has 2 aromatic carbocycles. The predicted octanol–water partition coefficient (Wildman–Crippen LogP) is 3.12. The van der Waals surface area contributed by atoms with E-state index >= 15 is 0 Å². The average molecular weight is 374 g/mol. The number of methoxy groups -OCH3 is 2. The molecule has 0 spiro atoms. The minimum absolute atomic E-state index is 0.0345. The molecule has 0 saturated carbocycles. The van der Waals surface area contributed by atoms with Gasteiger partial charge in [-0.3, -0.25) is 9.59 Å². The van der Waals surface area contributed by atoms with Crippen LogP contribution in [0.15, 0.2) is 46.0 Å². The number of hydrogen-bond donors (Lipinski definition) is 2. The van der Waals surface area contributed by atoms with Gasteiger partial charge in [-0.2, -0.15) is 0 Å². The number of hydrogen-bond acceptors (Lipinski definition) is 4. The van der Waals surface area contributed by atoms with Crippen LogP contribution in [0.4, 0.5) is 0 Å². The van der Waals surface area contributed by atoms with E-state index in [0.717, 1.165) is 5.69 Å². The van der Waals surface area contributed by atoms with Crippen molar-refractivity contribution in [3.05, 3.63) is 68.1 Å². The van der Waals surface area contributed by atoms with Gasteiger partial charge in [0.2, 0.25) is 0 Å². The number of aromatic amines is 2. The molecule has 1 aliphatic carbocycles. The summed E-state index contributed by atoms with van der Waals surface area (Å²) in [6.07, 6.45) is 4.22. The van der Waals surface area contributed by atoms with E-state index in [-0.39, 0.29) is 17.0 Å². The number of fused-ring (bicyclic) bond motifs is 4. The fourth-order valence-corrected chi connectivity index (χ4v) is 3.90. The van der Waals surface area contributed by atoms with Crippen LogP contribution in [-0.2, 0) is 11.2 Å². The van der Waals surface area contributed by atoms with Crippen LogP contribution in [0.1, 0.15) is 11.3 Å². The van der Waals surface area contributed by atoms with Crippen LogP contribution in [0.2, 0.25) is 0 Å². The third kappa shape index (κ3) is 2.38. The molecule has 0 bridgehead atoms. The van der Waals surface area contributed by atoms with Crippen molar-refractivity contribution in [2.75, 3.05) is 14.2 Å². The zero-order chi connectivity index (χ0) is 19.4. The van der Waals surface area contributed by atoms with Gasteiger partial charge in [-0.15, -0.1) is 0 Å². The molecule has 1 aliphatic rings. The van der Waals surface area contributed by atoms with E-state index in [2.05, 4.69) is 9.97 Å². The van der Waals surface area contributed by atoms with Gasteiger partial charge in [0.25, 0.3) is 0 Å². The maximum absolute atomic E-state index is 13.1. The summed E-state index contributed by atoms with van der Waals surface area (Å²) < 4.78 is 10.6. The van der Waals surface area contributed by atoms with Crippen LogP contribution >= 0.6 is 0 Å². The molecule has 4 aromatic rings. The average Bonchev–Trinajstić information content (AvgIpc) is 2.73. The zero-order valence-electron chi connectivity index (χ0n) is 15.5. The normalized spacial score (nSPS) is 16.0. The standard InChI is InChI=1S/C22H18N2O4/c1-27-11-3-5-17-13(7-11)21(25)15-9-20-16(10-19(15)23-17)22(26)14-8-12(28-2)4-6-18(14)24-20/h3-7,9-10,12H,8H2,1-2H3,(H,23,25)(H,24,26). The number of nitrogens with one attached hydrogen (secondary N) is 2. The Labute approximate surface area is 159 Å². The Balaban J connectivity index is 1.85. The first-order chi connectivity index (χ1) is 13.6. The van der Waals surface area contributed by atoms with E-state index in [0.29, 0.717) is 50.4 Å². The second kappa shape index (κ2) is 6.07. The van der Waals surface area contributed by atoms with Gasteiger partial charge in [0, 0.05) is 40.9 Å². The van der Waals surface area contributed by atoms with Gasteiger partial charge >= 0.3 is 0 Å². The van der Waals surface area contributed by atoms with Crippen molar-refractivity contribution in [3.8, 4) is 5.75 Å². The highest BCUT2D eigenvalue weighted by Gasteiger charge is 2.19. The summed E-state index contributed by atoms with van der Waals surface area (Å²) in [7, 11) is 3.20. The summed E-state index contributed by atoms with van der Waals surface area (Å²) in [5.41, 5.74) is 3.32. The van der Waals surface area contributed by atoms with Crippen molar-refractivity contribution in [2.45, 2.75) is 12.5 Å². The van der Waals surface area contributed by atoms with Crippen LogP contribution in [0.25, 0.3) is 38.8 Å². The van der Waals surface area contributed by atoms with Crippen LogP contribution in [0.3, 0.4) is 0 Å². The number of aromatic nitrogens is 2. The van der Waals surface area contributed by atoms with Crippen LogP contribution in [-0.4, -0.2) is 30.3 Å². The molecule has 140 valence electrons. The third-order valence-corrected chi connectivity index (χ3v) is 5.44. The molecule has 1 atom stereocenters.